The second kappa shape index (κ2) is 9.40. The first-order valence-corrected chi connectivity index (χ1v) is 8.37. The SMILES string of the molecule is O=C(COC(=O)COc1ccccc1[N+](=O)[O-])Nc1c(Cl)cc(Cl)cc1Cl. The molecule has 0 spiro atoms. The summed E-state index contributed by atoms with van der Waals surface area (Å²) in [6.45, 7) is -1.24. The predicted octanol–water partition coefficient (Wildman–Crippen LogP) is 4.12. The normalized spacial score (nSPS) is 10.2. The summed E-state index contributed by atoms with van der Waals surface area (Å²) < 4.78 is 9.80. The molecule has 0 saturated carbocycles. The zero-order valence-corrected chi connectivity index (χ0v) is 15.7. The molecule has 0 saturated heterocycles. The Kier molecular flexibility index (Phi) is 7.23. The molecule has 8 nitrogen and oxygen atoms in total. The fourth-order valence-corrected chi connectivity index (χ4v) is 2.80. The lowest BCUT2D eigenvalue weighted by molar-refractivity contribution is -0.385. The number of benzene rings is 2. The van der Waals surface area contributed by atoms with Crippen molar-refractivity contribution in [3.05, 3.63) is 61.6 Å². The molecule has 0 aliphatic rings. The number of hydrogen-bond donors (Lipinski definition) is 1. The van der Waals surface area contributed by atoms with Crippen LogP contribution < -0.4 is 10.1 Å². The Morgan fingerprint density at radius 3 is 2.33 bits per heavy atom. The van der Waals surface area contributed by atoms with Crippen LogP contribution in [0.3, 0.4) is 0 Å². The lowest BCUT2D eigenvalue weighted by Crippen LogP contribution is -2.24. The summed E-state index contributed by atoms with van der Waals surface area (Å²) in [6.07, 6.45) is 0. The van der Waals surface area contributed by atoms with E-state index >= 15 is 0 Å². The van der Waals surface area contributed by atoms with Crippen molar-refractivity contribution in [3.8, 4) is 5.75 Å². The average Bonchev–Trinajstić information content (AvgIpc) is 2.61. The summed E-state index contributed by atoms with van der Waals surface area (Å²) in [7, 11) is 0. The van der Waals surface area contributed by atoms with E-state index in [2.05, 4.69) is 5.32 Å². The third-order valence-corrected chi connectivity index (χ3v) is 3.86. The third kappa shape index (κ3) is 5.99. The zero-order chi connectivity index (χ0) is 20.0. The number of amides is 1. The fourth-order valence-electron chi connectivity index (χ4n) is 1.89. The van der Waals surface area contributed by atoms with Crippen LogP contribution in [-0.2, 0) is 14.3 Å². The summed E-state index contributed by atoms with van der Waals surface area (Å²) in [5, 5.41) is 13.8. The summed E-state index contributed by atoms with van der Waals surface area (Å²) in [5.74, 6) is -1.68. The maximum atomic E-state index is 11.9. The van der Waals surface area contributed by atoms with E-state index in [0.717, 1.165) is 0 Å². The molecule has 0 fully saturated rings. The van der Waals surface area contributed by atoms with Crippen LogP contribution in [0.2, 0.25) is 15.1 Å². The molecule has 2 aromatic rings. The Labute approximate surface area is 168 Å². The quantitative estimate of drug-likeness (QED) is 0.400. The van der Waals surface area contributed by atoms with E-state index in [-0.39, 0.29) is 27.2 Å². The minimum absolute atomic E-state index is 0.0939. The zero-order valence-electron chi connectivity index (χ0n) is 13.4. The van der Waals surface area contributed by atoms with Crippen LogP contribution in [0.5, 0.6) is 5.75 Å². The van der Waals surface area contributed by atoms with Crippen LogP contribution in [0.15, 0.2) is 36.4 Å². The average molecular weight is 434 g/mol. The smallest absolute Gasteiger partial charge is 0.344 e. The van der Waals surface area contributed by atoms with Gasteiger partial charge in [-0.05, 0) is 18.2 Å². The molecule has 0 heterocycles. The highest BCUT2D eigenvalue weighted by molar-refractivity contribution is 6.42. The molecular formula is C16H11Cl3N2O6. The van der Waals surface area contributed by atoms with Gasteiger partial charge < -0.3 is 14.8 Å². The number of para-hydroxylation sites is 2. The van der Waals surface area contributed by atoms with E-state index in [1.54, 1.807) is 0 Å². The molecule has 0 atom stereocenters. The number of halogens is 3. The number of nitrogens with one attached hydrogen (secondary N) is 1. The monoisotopic (exact) mass is 432 g/mol. The molecule has 2 aromatic carbocycles. The van der Waals surface area contributed by atoms with Gasteiger partial charge in [0.1, 0.15) is 0 Å². The summed E-state index contributed by atoms with van der Waals surface area (Å²) >= 11 is 17.6. The number of rotatable bonds is 7. The topological polar surface area (TPSA) is 108 Å². The molecule has 1 N–H and O–H groups in total. The first-order chi connectivity index (χ1) is 12.8. The van der Waals surface area contributed by atoms with Crippen LogP contribution in [0, 0.1) is 10.1 Å². The Morgan fingerprint density at radius 2 is 1.70 bits per heavy atom. The number of nitrogens with zero attached hydrogens (tertiary/aromatic N) is 1. The molecule has 0 aliphatic carbocycles. The number of anilines is 1. The first-order valence-electron chi connectivity index (χ1n) is 7.24. The summed E-state index contributed by atoms with van der Waals surface area (Å²) in [5.41, 5.74) is -0.171. The van der Waals surface area contributed by atoms with Gasteiger partial charge in [-0.25, -0.2) is 4.79 Å². The minimum atomic E-state index is -0.892. The van der Waals surface area contributed by atoms with E-state index in [1.807, 2.05) is 0 Å². The molecule has 0 radical (unpaired) electrons. The van der Waals surface area contributed by atoms with E-state index in [1.165, 1.54) is 36.4 Å². The van der Waals surface area contributed by atoms with E-state index < -0.39 is 30.0 Å². The second-order valence-electron chi connectivity index (χ2n) is 4.97. The Morgan fingerprint density at radius 1 is 1.07 bits per heavy atom. The number of nitro benzene ring substituents is 1. The van der Waals surface area contributed by atoms with Gasteiger partial charge in [-0.1, -0.05) is 46.9 Å². The Bertz CT molecular complexity index is 867. The van der Waals surface area contributed by atoms with Crippen LogP contribution in [0.1, 0.15) is 0 Å². The number of carbonyl (C=O) groups excluding carboxylic acids is 2. The predicted molar refractivity (Wildman–Crippen MR) is 99.7 cm³/mol. The van der Waals surface area contributed by atoms with Gasteiger partial charge in [-0.2, -0.15) is 0 Å². The highest BCUT2D eigenvalue weighted by Gasteiger charge is 2.17. The maximum absolute atomic E-state index is 11.9. The van der Waals surface area contributed by atoms with Gasteiger partial charge in [0.25, 0.3) is 5.91 Å². The van der Waals surface area contributed by atoms with Crippen molar-refractivity contribution < 1.29 is 24.0 Å². The van der Waals surface area contributed by atoms with Crippen molar-refractivity contribution in [3.63, 3.8) is 0 Å². The lowest BCUT2D eigenvalue weighted by atomic mass is 10.3. The highest BCUT2D eigenvalue weighted by Crippen LogP contribution is 2.33. The van der Waals surface area contributed by atoms with Gasteiger partial charge >= 0.3 is 11.7 Å². The number of hydrogen-bond acceptors (Lipinski definition) is 6. The van der Waals surface area contributed by atoms with E-state index in [0.29, 0.717) is 5.02 Å². The number of carbonyl (C=O) groups is 2. The summed E-state index contributed by atoms with van der Waals surface area (Å²) in [4.78, 5) is 33.7. The van der Waals surface area contributed by atoms with Gasteiger partial charge in [-0.15, -0.1) is 0 Å². The fraction of sp³-hybridized carbons (Fsp3) is 0.125. The number of nitro groups is 1. The van der Waals surface area contributed by atoms with Gasteiger partial charge in [-0.3, -0.25) is 14.9 Å². The van der Waals surface area contributed by atoms with Crippen molar-refractivity contribution in [2.45, 2.75) is 0 Å². The van der Waals surface area contributed by atoms with Crippen molar-refractivity contribution in [1.29, 1.82) is 0 Å². The van der Waals surface area contributed by atoms with Crippen LogP contribution >= 0.6 is 34.8 Å². The summed E-state index contributed by atoms with van der Waals surface area (Å²) in [6, 6.07) is 8.31. The van der Waals surface area contributed by atoms with Crippen molar-refractivity contribution >= 4 is 58.1 Å². The first kappa shape index (κ1) is 20.8. The number of ether oxygens (including phenoxy) is 2. The molecule has 142 valence electrons. The molecule has 1 amide bonds. The Balaban J connectivity index is 1.86. The standard InChI is InChI=1S/C16H11Cl3N2O6/c17-9-5-10(18)16(11(19)6-9)20-14(22)7-27-15(23)8-26-13-4-2-1-3-12(13)21(24)25/h1-6H,7-8H2,(H,20,22). The molecule has 0 unspecified atom stereocenters. The van der Waals surface area contributed by atoms with Gasteiger partial charge in [0.05, 0.1) is 20.7 Å². The van der Waals surface area contributed by atoms with Gasteiger partial charge in [0, 0.05) is 11.1 Å². The second-order valence-corrected chi connectivity index (χ2v) is 6.22. The van der Waals surface area contributed by atoms with Crippen LogP contribution in [-0.4, -0.2) is 30.0 Å². The molecular weight excluding hydrogens is 423 g/mol. The number of esters is 1. The minimum Gasteiger partial charge on any atom is -0.475 e. The van der Waals surface area contributed by atoms with Crippen molar-refractivity contribution in [1.82, 2.24) is 0 Å². The van der Waals surface area contributed by atoms with Crippen molar-refractivity contribution in [2.75, 3.05) is 18.5 Å². The van der Waals surface area contributed by atoms with Crippen LogP contribution in [0.25, 0.3) is 0 Å². The Hall–Kier alpha value is -2.55. The largest absolute Gasteiger partial charge is 0.475 e. The van der Waals surface area contributed by atoms with Crippen LogP contribution in [0.4, 0.5) is 11.4 Å². The molecule has 27 heavy (non-hydrogen) atoms. The van der Waals surface area contributed by atoms with Crippen molar-refractivity contribution in [2.24, 2.45) is 0 Å². The van der Waals surface area contributed by atoms with E-state index in [9.17, 15) is 19.7 Å². The molecule has 2 rings (SSSR count). The maximum Gasteiger partial charge on any atom is 0.344 e. The molecule has 0 bridgehead atoms. The molecule has 0 aromatic heterocycles. The van der Waals surface area contributed by atoms with Gasteiger partial charge in [0.2, 0.25) is 0 Å². The lowest BCUT2D eigenvalue weighted by Gasteiger charge is -2.10. The van der Waals surface area contributed by atoms with E-state index in [4.69, 9.17) is 44.3 Å². The third-order valence-electron chi connectivity index (χ3n) is 3.04. The van der Waals surface area contributed by atoms with Gasteiger partial charge in [0.15, 0.2) is 19.0 Å². The molecule has 11 heteroatoms. The molecule has 0 aliphatic heterocycles. The highest BCUT2D eigenvalue weighted by atomic mass is 35.5.